The van der Waals surface area contributed by atoms with Gasteiger partial charge >= 0.3 is 6.01 Å². The molecule has 210 valence electrons. The molecule has 2 aromatic heterocycles. The molecule has 6 aromatic rings. The van der Waals surface area contributed by atoms with Gasteiger partial charge in [-0.05, 0) is 71.8 Å². The number of pyridine rings is 2. The number of nitrogens with zero attached hydrogens (tertiary/aromatic N) is 4. The molecule has 3 heterocycles. The van der Waals surface area contributed by atoms with Crippen molar-refractivity contribution in [3.05, 3.63) is 152 Å². The average molecular weight is 573 g/mol. The lowest BCUT2D eigenvalue weighted by Crippen LogP contribution is -1.96. The molecule has 0 fully saturated rings. The van der Waals surface area contributed by atoms with Gasteiger partial charge < -0.3 is 9.47 Å². The molecule has 0 spiro atoms. The Balaban J connectivity index is 1.27. The van der Waals surface area contributed by atoms with Gasteiger partial charge in [0.1, 0.15) is 23.0 Å². The molecule has 0 atom stereocenters. The molecule has 1 aliphatic rings. The third kappa shape index (κ3) is 5.79. The van der Waals surface area contributed by atoms with Gasteiger partial charge in [-0.1, -0.05) is 63.7 Å². The summed E-state index contributed by atoms with van der Waals surface area (Å²) in [6, 6.07) is 45.0. The van der Waals surface area contributed by atoms with Crippen molar-refractivity contribution >= 4 is 11.7 Å². The monoisotopic (exact) mass is 572 g/mol. The van der Waals surface area contributed by atoms with E-state index in [4.69, 9.17) is 19.4 Å². The summed E-state index contributed by atoms with van der Waals surface area (Å²) in [5.74, 6) is 2.97. The summed E-state index contributed by atoms with van der Waals surface area (Å²) in [4.78, 5) is 9.60. The second kappa shape index (κ2) is 12.0. The molecule has 0 amide bonds. The maximum Gasteiger partial charge on any atom is 0.495 e. The van der Waals surface area contributed by atoms with Gasteiger partial charge in [-0.15, -0.1) is 0 Å². The summed E-state index contributed by atoms with van der Waals surface area (Å²) in [5, 5.41) is 0. The van der Waals surface area contributed by atoms with E-state index in [2.05, 4.69) is 12.1 Å². The van der Waals surface area contributed by atoms with E-state index < -0.39 is 0 Å². The minimum atomic E-state index is 0.708. The zero-order valence-electron chi connectivity index (χ0n) is 24.0. The molecule has 4 aromatic carbocycles. The van der Waals surface area contributed by atoms with E-state index in [-0.39, 0.29) is 0 Å². The fourth-order valence-corrected chi connectivity index (χ4v) is 5.13. The Morgan fingerprint density at radius 2 is 1.25 bits per heavy atom. The fraction of sp³-hybridized carbons (Fsp3) is 0.0263. The van der Waals surface area contributed by atoms with Gasteiger partial charge in [0.2, 0.25) is 11.9 Å². The molecule has 0 bridgehead atoms. The van der Waals surface area contributed by atoms with Crippen LogP contribution in [0.15, 0.2) is 152 Å². The van der Waals surface area contributed by atoms with Crippen LogP contribution < -0.4 is 9.47 Å². The van der Waals surface area contributed by atoms with Crippen molar-refractivity contribution in [1.82, 2.24) is 9.97 Å². The third-order valence-electron chi connectivity index (χ3n) is 7.14. The second-order valence-electron chi connectivity index (χ2n) is 10.2. The standard InChI is InChI=1S/C38H28N4O2/c1-41-22-23-42(27-41)30-12-9-17-34(26-30)44-33-16-8-11-29(25-33)38-37(36-18-5-6-20-39-36)35(19-21-40-38)28-10-7-15-32(24-28)43-31-13-3-2-4-14-31/h2-26H,1H3/q+2. The first-order valence-corrected chi connectivity index (χ1v) is 14.3. The van der Waals surface area contributed by atoms with Crippen LogP contribution in [0, 0.1) is 0 Å². The van der Waals surface area contributed by atoms with Gasteiger partial charge in [-0.2, -0.15) is 0 Å². The molecule has 1 aliphatic heterocycles. The predicted octanol–water partition coefficient (Wildman–Crippen LogP) is 9.01. The number of hydrogen-bond donors (Lipinski definition) is 0. The molecule has 0 saturated heterocycles. The van der Waals surface area contributed by atoms with Crippen LogP contribution in [0.2, 0.25) is 0 Å². The molecule has 0 radical (unpaired) electrons. The first-order chi connectivity index (χ1) is 21.7. The Kier molecular flexibility index (Phi) is 7.32. The maximum absolute atomic E-state index is 6.35. The van der Waals surface area contributed by atoms with Crippen molar-refractivity contribution in [2.75, 3.05) is 7.05 Å². The minimum absolute atomic E-state index is 0.708. The van der Waals surface area contributed by atoms with E-state index in [1.54, 1.807) is 6.20 Å². The average Bonchev–Trinajstić information content (AvgIpc) is 3.52. The smallest absolute Gasteiger partial charge is 0.457 e. The number of ether oxygens (including phenoxy) is 2. The van der Waals surface area contributed by atoms with Crippen LogP contribution in [-0.4, -0.2) is 32.2 Å². The third-order valence-corrected chi connectivity index (χ3v) is 7.14. The quantitative estimate of drug-likeness (QED) is 0.171. The molecule has 44 heavy (non-hydrogen) atoms. The van der Waals surface area contributed by atoms with Gasteiger partial charge in [-0.25, -0.2) is 0 Å². The maximum atomic E-state index is 6.35. The van der Waals surface area contributed by atoms with Gasteiger partial charge in [-0.3, -0.25) is 9.97 Å². The highest BCUT2D eigenvalue weighted by Crippen LogP contribution is 2.40. The van der Waals surface area contributed by atoms with Crippen LogP contribution in [0.3, 0.4) is 0 Å². The number of para-hydroxylation sites is 1. The van der Waals surface area contributed by atoms with Gasteiger partial charge in [0, 0.05) is 29.6 Å². The molecular formula is C38H28N4O2+2. The van der Waals surface area contributed by atoms with E-state index in [9.17, 15) is 0 Å². The number of aromatic nitrogens is 2. The van der Waals surface area contributed by atoms with E-state index in [1.165, 1.54) is 0 Å². The SMILES string of the molecule is C[N+]1=C=[N+](c2cccc(Oc3cccc(-c4nccc(-c5cccc(Oc6ccccc6)c5)c4-c4ccccn4)c3)c2)C=C1. The summed E-state index contributed by atoms with van der Waals surface area (Å²) in [5.41, 5.74) is 6.46. The largest absolute Gasteiger partial charge is 0.495 e. The first kappa shape index (κ1) is 26.8. The fourth-order valence-electron chi connectivity index (χ4n) is 5.13. The number of rotatable bonds is 8. The Labute approximate surface area is 255 Å². The highest BCUT2D eigenvalue weighted by Gasteiger charge is 2.19. The summed E-state index contributed by atoms with van der Waals surface area (Å²) in [7, 11) is 1.94. The lowest BCUT2D eigenvalue weighted by molar-refractivity contribution is -0.429. The second-order valence-corrected chi connectivity index (χ2v) is 10.2. The number of hydrogen-bond acceptors (Lipinski definition) is 4. The highest BCUT2D eigenvalue weighted by molar-refractivity contribution is 5.91. The Morgan fingerprint density at radius 3 is 2.00 bits per heavy atom. The molecule has 7 rings (SSSR count). The summed E-state index contributed by atoms with van der Waals surface area (Å²) in [6.45, 7) is 0. The van der Waals surface area contributed by atoms with Crippen LogP contribution in [0.4, 0.5) is 5.69 Å². The topological polar surface area (TPSA) is 50.3 Å². The van der Waals surface area contributed by atoms with Crippen molar-refractivity contribution in [3.8, 4) is 56.6 Å². The predicted molar refractivity (Wildman–Crippen MR) is 172 cm³/mol. The van der Waals surface area contributed by atoms with Crippen molar-refractivity contribution in [2.24, 2.45) is 0 Å². The molecule has 0 saturated carbocycles. The van der Waals surface area contributed by atoms with Crippen molar-refractivity contribution in [3.63, 3.8) is 0 Å². The zero-order chi connectivity index (χ0) is 29.7. The molecule has 0 unspecified atom stereocenters. The lowest BCUT2D eigenvalue weighted by Gasteiger charge is -2.16. The van der Waals surface area contributed by atoms with Crippen LogP contribution in [0.5, 0.6) is 23.0 Å². The van der Waals surface area contributed by atoms with E-state index >= 15 is 0 Å². The Bertz CT molecular complexity index is 2060. The van der Waals surface area contributed by atoms with Crippen LogP contribution in [0.1, 0.15) is 0 Å². The van der Waals surface area contributed by atoms with E-state index in [0.29, 0.717) is 5.75 Å². The van der Waals surface area contributed by atoms with Gasteiger partial charge in [0.15, 0.2) is 7.05 Å². The normalized spacial score (nSPS) is 12.0. The lowest BCUT2D eigenvalue weighted by atomic mass is 9.93. The van der Waals surface area contributed by atoms with E-state index in [1.807, 2.05) is 156 Å². The molecule has 6 nitrogen and oxygen atoms in total. The zero-order valence-corrected chi connectivity index (χ0v) is 24.0. The van der Waals surface area contributed by atoms with Crippen LogP contribution in [0.25, 0.3) is 33.6 Å². The Hall–Kier alpha value is -6.10. The Morgan fingerprint density at radius 1 is 0.568 bits per heavy atom. The highest BCUT2D eigenvalue weighted by atomic mass is 16.5. The number of benzene rings is 4. The summed E-state index contributed by atoms with van der Waals surface area (Å²) >= 11 is 0. The summed E-state index contributed by atoms with van der Waals surface area (Å²) in [6.07, 6.45) is 7.55. The first-order valence-electron chi connectivity index (χ1n) is 14.3. The van der Waals surface area contributed by atoms with E-state index in [0.717, 1.165) is 56.6 Å². The van der Waals surface area contributed by atoms with Crippen molar-refractivity contribution in [2.45, 2.75) is 0 Å². The van der Waals surface area contributed by atoms with Gasteiger partial charge in [0.05, 0.1) is 17.5 Å². The minimum Gasteiger partial charge on any atom is -0.457 e. The van der Waals surface area contributed by atoms with Crippen LogP contribution >= 0.6 is 0 Å². The molecule has 0 N–H and O–H groups in total. The van der Waals surface area contributed by atoms with Crippen LogP contribution in [-0.2, 0) is 0 Å². The van der Waals surface area contributed by atoms with Gasteiger partial charge in [0.25, 0.3) is 6.20 Å². The summed E-state index contributed by atoms with van der Waals surface area (Å²) < 4.78 is 16.3. The molecule has 0 aliphatic carbocycles. The van der Waals surface area contributed by atoms with Crippen molar-refractivity contribution in [1.29, 1.82) is 0 Å². The van der Waals surface area contributed by atoms with Crippen molar-refractivity contribution < 1.29 is 18.6 Å². The molecular weight excluding hydrogens is 544 g/mol. The molecule has 6 heteroatoms.